The summed E-state index contributed by atoms with van der Waals surface area (Å²) in [6, 6.07) is 19.4. The number of anilines is 1. The summed E-state index contributed by atoms with van der Waals surface area (Å²) < 4.78 is 11.9. The Morgan fingerprint density at radius 1 is 0.871 bits per heavy atom. The van der Waals surface area contributed by atoms with Gasteiger partial charge in [-0.2, -0.15) is 0 Å². The van der Waals surface area contributed by atoms with Crippen LogP contribution in [0.3, 0.4) is 0 Å². The quantitative estimate of drug-likeness (QED) is 0.540. The Morgan fingerprint density at radius 2 is 1.55 bits per heavy atom. The minimum Gasteiger partial charge on any atom is -0.486 e. The number of ether oxygens (including phenoxy) is 2. The van der Waals surface area contributed by atoms with E-state index >= 15 is 0 Å². The third-order valence-electron chi connectivity index (χ3n) is 4.95. The summed E-state index contributed by atoms with van der Waals surface area (Å²) in [5, 5.41) is 5.82. The van der Waals surface area contributed by atoms with Crippen molar-refractivity contribution >= 4 is 33.4 Å². The molecule has 0 saturated heterocycles. The number of hydrogen-bond acceptors (Lipinski definition) is 4. The number of para-hydroxylation sites is 1. The van der Waals surface area contributed by atoms with Crippen molar-refractivity contribution in [2.24, 2.45) is 0 Å². The molecule has 0 fully saturated rings. The highest BCUT2D eigenvalue weighted by Gasteiger charge is 2.19. The highest BCUT2D eigenvalue weighted by molar-refractivity contribution is 9.10. The highest BCUT2D eigenvalue weighted by Crippen LogP contribution is 2.32. The third-order valence-corrected chi connectivity index (χ3v) is 5.64. The molecule has 1 aliphatic heterocycles. The van der Waals surface area contributed by atoms with Crippen LogP contribution in [0, 0.1) is 0 Å². The summed E-state index contributed by atoms with van der Waals surface area (Å²) in [5.41, 5.74) is 2.21. The predicted molar refractivity (Wildman–Crippen MR) is 122 cm³/mol. The van der Waals surface area contributed by atoms with Gasteiger partial charge in [-0.15, -0.1) is 0 Å². The van der Waals surface area contributed by atoms with Gasteiger partial charge < -0.3 is 20.1 Å². The smallest absolute Gasteiger partial charge is 0.256 e. The number of benzene rings is 3. The number of nitrogens with one attached hydrogen (secondary N) is 2. The van der Waals surface area contributed by atoms with Gasteiger partial charge in [-0.1, -0.05) is 30.3 Å². The van der Waals surface area contributed by atoms with Crippen molar-refractivity contribution in [1.29, 1.82) is 0 Å². The van der Waals surface area contributed by atoms with Crippen molar-refractivity contribution in [2.45, 2.75) is 13.0 Å². The van der Waals surface area contributed by atoms with E-state index in [9.17, 15) is 9.59 Å². The number of amides is 2. The van der Waals surface area contributed by atoms with Gasteiger partial charge in [0.15, 0.2) is 11.5 Å². The fourth-order valence-electron chi connectivity index (χ4n) is 3.31. The van der Waals surface area contributed by atoms with Crippen molar-refractivity contribution in [3.63, 3.8) is 0 Å². The highest BCUT2D eigenvalue weighted by atomic mass is 79.9. The average molecular weight is 481 g/mol. The summed E-state index contributed by atoms with van der Waals surface area (Å²) in [4.78, 5) is 25.7. The molecule has 6 nitrogen and oxygen atoms in total. The maximum absolute atomic E-state index is 13.0. The molecule has 0 spiro atoms. The van der Waals surface area contributed by atoms with Crippen molar-refractivity contribution < 1.29 is 19.1 Å². The van der Waals surface area contributed by atoms with Crippen LogP contribution in [0.5, 0.6) is 11.5 Å². The van der Waals surface area contributed by atoms with Gasteiger partial charge in [0.25, 0.3) is 11.8 Å². The maximum Gasteiger partial charge on any atom is 0.256 e. The molecule has 1 heterocycles. The van der Waals surface area contributed by atoms with Gasteiger partial charge in [-0.05, 0) is 64.8 Å². The summed E-state index contributed by atoms with van der Waals surface area (Å²) >= 11 is 3.38. The summed E-state index contributed by atoms with van der Waals surface area (Å²) in [7, 11) is 0. The minimum absolute atomic E-state index is 0.268. The monoisotopic (exact) mass is 480 g/mol. The molecular formula is C24H21BrN2O4. The molecule has 2 amide bonds. The lowest BCUT2D eigenvalue weighted by Crippen LogP contribution is -2.28. The molecule has 0 aromatic heterocycles. The van der Waals surface area contributed by atoms with Gasteiger partial charge in [0.1, 0.15) is 13.2 Å². The lowest BCUT2D eigenvalue weighted by atomic mass is 10.1. The number of halogens is 1. The number of fused-ring (bicyclic) bond motifs is 1. The molecule has 1 unspecified atom stereocenters. The third kappa shape index (κ3) is 4.72. The van der Waals surface area contributed by atoms with E-state index in [1.165, 1.54) is 0 Å². The van der Waals surface area contributed by atoms with Gasteiger partial charge in [0.05, 0.1) is 22.9 Å². The zero-order valence-electron chi connectivity index (χ0n) is 16.9. The number of carbonyl (C=O) groups is 2. The van der Waals surface area contributed by atoms with Crippen LogP contribution in [0.1, 0.15) is 39.2 Å². The van der Waals surface area contributed by atoms with Crippen LogP contribution in [0.2, 0.25) is 0 Å². The van der Waals surface area contributed by atoms with Crippen molar-refractivity contribution in [3.05, 3.63) is 87.9 Å². The Morgan fingerprint density at radius 3 is 2.32 bits per heavy atom. The molecule has 1 aliphatic rings. The summed E-state index contributed by atoms with van der Waals surface area (Å²) in [5.74, 6) is 0.789. The average Bonchev–Trinajstić information content (AvgIpc) is 2.79. The Bertz CT molecular complexity index is 1130. The van der Waals surface area contributed by atoms with E-state index in [0.717, 1.165) is 5.56 Å². The largest absolute Gasteiger partial charge is 0.486 e. The summed E-state index contributed by atoms with van der Waals surface area (Å²) in [6.45, 7) is 2.92. The van der Waals surface area contributed by atoms with Gasteiger partial charge >= 0.3 is 0 Å². The Balaban J connectivity index is 1.50. The molecule has 0 saturated carbocycles. The van der Waals surface area contributed by atoms with E-state index in [2.05, 4.69) is 26.6 Å². The molecule has 1 atom stereocenters. The van der Waals surface area contributed by atoms with Crippen LogP contribution < -0.4 is 20.1 Å². The molecule has 0 aliphatic carbocycles. The Labute approximate surface area is 188 Å². The first-order valence-corrected chi connectivity index (χ1v) is 10.7. The van der Waals surface area contributed by atoms with Crippen LogP contribution in [0.4, 0.5) is 5.69 Å². The minimum atomic E-state index is -0.299. The molecule has 0 bridgehead atoms. The van der Waals surface area contributed by atoms with Gasteiger partial charge in [0.2, 0.25) is 0 Å². The van der Waals surface area contributed by atoms with Crippen LogP contribution in [0.25, 0.3) is 0 Å². The van der Waals surface area contributed by atoms with Crippen molar-refractivity contribution in [2.75, 3.05) is 18.5 Å². The first-order chi connectivity index (χ1) is 15.0. The molecule has 7 heteroatoms. The number of rotatable bonds is 5. The maximum atomic E-state index is 13.0. The molecule has 31 heavy (non-hydrogen) atoms. The van der Waals surface area contributed by atoms with E-state index in [1.807, 2.05) is 31.2 Å². The van der Waals surface area contributed by atoms with Gasteiger partial charge in [0, 0.05) is 4.47 Å². The zero-order valence-corrected chi connectivity index (χ0v) is 18.4. The first kappa shape index (κ1) is 20.9. The molecule has 158 valence electrons. The molecule has 4 rings (SSSR count). The Kier molecular flexibility index (Phi) is 6.23. The predicted octanol–water partition coefficient (Wildman–Crippen LogP) is 4.96. The lowest BCUT2D eigenvalue weighted by molar-refractivity contribution is 0.0940. The fourth-order valence-corrected chi connectivity index (χ4v) is 3.78. The molecule has 2 N–H and O–H groups in total. The van der Waals surface area contributed by atoms with E-state index in [1.54, 1.807) is 42.5 Å². The summed E-state index contributed by atoms with van der Waals surface area (Å²) in [6.07, 6.45) is 0. The standard InChI is InChI=1S/C24H21BrN2O4/c1-15(16-10-11-21-22(14-16)31-13-12-30-21)26-24(29)18-7-3-5-9-20(18)27-23(28)17-6-2-4-8-19(17)25/h2-11,14-15H,12-13H2,1H3,(H,26,29)(H,27,28). The SMILES string of the molecule is CC(NC(=O)c1ccccc1NC(=O)c1ccccc1Br)c1ccc2c(c1)OCCO2. The van der Waals surface area contributed by atoms with E-state index in [4.69, 9.17) is 9.47 Å². The molecule has 3 aromatic rings. The first-order valence-electron chi connectivity index (χ1n) is 9.88. The fraction of sp³-hybridized carbons (Fsp3) is 0.167. The van der Waals surface area contributed by atoms with Crippen LogP contribution in [0.15, 0.2) is 71.2 Å². The second kappa shape index (κ2) is 9.22. The van der Waals surface area contributed by atoms with E-state index in [-0.39, 0.29) is 17.9 Å². The van der Waals surface area contributed by atoms with E-state index < -0.39 is 0 Å². The van der Waals surface area contributed by atoms with Gasteiger partial charge in [-0.25, -0.2) is 0 Å². The van der Waals surface area contributed by atoms with Crippen LogP contribution in [-0.4, -0.2) is 25.0 Å². The topological polar surface area (TPSA) is 76.7 Å². The normalized spacial score (nSPS) is 13.2. The zero-order chi connectivity index (χ0) is 21.8. The number of carbonyl (C=O) groups excluding carboxylic acids is 2. The molecule has 3 aromatic carbocycles. The lowest BCUT2D eigenvalue weighted by Gasteiger charge is -2.21. The number of hydrogen-bond donors (Lipinski definition) is 2. The second-order valence-electron chi connectivity index (χ2n) is 7.08. The van der Waals surface area contributed by atoms with E-state index in [0.29, 0.717) is 46.0 Å². The molecular weight excluding hydrogens is 460 g/mol. The van der Waals surface area contributed by atoms with Crippen LogP contribution >= 0.6 is 15.9 Å². The van der Waals surface area contributed by atoms with Crippen molar-refractivity contribution in [3.8, 4) is 11.5 Å². The van der Waals surface area contributed by atoms with Gasteiger partial charge in [-0.3, -0.25) is 9.59 Å². The molecule has 0 radical (unpaired) electrons. The Hall–Kier alpha value is -3.32. The van der Waals surface area contributed by atoms with Crippen LogP contribution in [-0.2, 0) is 0 Å². The van der Waals surface area contributed by atoms with Crippen molar-refractivity contribution in [1.82, 2.24) is 5.32 Å². The second-order valence-corrected chi connectivity index (χ2v) is 7.93.